The third-order valence-corrected chi connectivity index (χ3v) is 5.43. The van der Waals surface area contributed by atoms with Crippen molar-refractivity contribution >= 4 is 15.9 Å². The minimum absolute atomic E-state index is 0.00331. The summed E-state index contributed by atoms with van der Waals surface area (Å²) in [5.74, 6) is -0.693. The molecule has 0 atom stereocenters. The number of halogens is 1. The van der Waals surface area contributed by atoms with Gasteiger partial charge in [-0.3, -0.25) is 4.79 Å². The van der Waals surface area contributed by atoms with Gasteiger partial charge in [-0.1, -0.05) is 0 Å². The molecule has 1 aliphatic rings. The molecule has 7 nitrogen and oxygen atoms in total. The maximum atomic E-state index is 12.8. The van der Waals surface area contributed by atoms with Crippen molar-refractivity contribution in [1.29, 1.82) is 0 Å². The van der Waals surface area contributed by atoms with E-state index >= 15 is 0 Å². The number of carbonyl (C=O) groups is 1. The Morgan fingerprint density at radius 1 is 1.16 bits per heavy atom. The van der Waals surface area contributed by atoms with E-state index in [4.69, 9.17) is 0 Å². The van der Waals surface area contributed by atoms with Crippen molar-refractivity contribution in [1.82, 2.24) is 20.3 Å². The van der Waals surface area contributed by atoms with E-state index in [1.807, 2.05) is 0 Å². The molecule has 0 saturated carbocycles. The smallest absolute Gasteiger partial charge is 0.240 e. The van der Waals surface area contributed by atoms with Crippen LogP contribution in [-0.2, 0) is 14.8 Å². The molecule has 0 radical (unpaired) electrons. The molecule has 1 aliphatic heterocycles. The normalized spacial score (nSPS) is 15.9. The molecule has 0 spiro atoms. The summed E-state index contributed by atoms with van der Waals surface area (Å²) in [6, 6.07) is 4.54. The molecule has 0 unspecified atom stereocenters. The molecule has 0 aromatic heterocycles. The van der Waals surface area contributed by atoms with E-state index in [1.54, 1.807) is 0 Å². The number of nitrogens with zero attached hydrogens (tertiary/aromatic N) is 1. The highest BCUT2D eigenvalue weighted by atomic mass is 32.2. The molecule has 2 rings (SSSR count). The molecular formula is C16H25FN4O3S. The second-order valence-electron chi connectivity index (χ2n) is 5.90. The van der Waals surface area contributed by atoms with Crippen LogP contribution in [0.1, 0.15) is 12.8 Å². The Bertz CT molecular complexity index is 646. The number of sulfonamides is 1. The SMILES string of the molecule is O=C(CCNS(=O)(=O)c1ccc(F)cc1)NCCCN1CCNCC1. The van der Waals surface area contributed by atoms with Crippen LogP contribution in [-0.4, -0.2) is 65.0 Å². The quantitative estimate of drug-likeness (QED) is 0.527. The Labute approximate surface area is 148 Å². The largest absolute Gasteiger partial charge is 0.356 e. The summed E-state index contributed by atoms with van der Waals surface area (Å²) in [6.07, 6.45) is 0.932. The van der Waals surface area contributed by atoms with Gasteiger partial charge < -0.3 is 15.5 Å². The van der Waals surface area contributed by atoms with E-state index < -0.39 is 15.8 Å². The zero-order valence-electron chi connectivity index (χ0n) is 14.1. The van der Waals surface area contributed by atoms with Gasteiger partial charge in [-0.15, -0.1) is 0 Å². The van der Waals surface area contributed by atoms with Crippen molar-refractivity contribution in [3.63, 3.8) is 0 Å². The van der Waals surface area contributed by atoms with Crippen LogP contribution in [0.5, 0.6) is 0 Å². The third kappa shape index (κ3) is 7.07. The fourth-order valence-corrected chi connectivity index (χ4v) is 3.58. The molecule has 1 fully saturated rings. The predicted molar refractivity (Wildman–Crippen MR) is 93.1 cm³/mol. The van der Waals surface area contributed by atoms with Gasteiger partial charge in [0.1, 0.15) is 5.82 Å². The van der Waals surface area contributed by atoms with E-state index in [0.717, 1.165) is 51.3 Å². The second-order valence-corrected chi connectivity index (χ2v) is 7.66. The first-order chi connectivity index (χ1) is 12.0. The maximum absolute atomic E-state index is 12.8. The lowest BCUT2D eigenvalue weighted by Gasteiger charge is -2.27. The number of amides is 1. The number of nitrogens with one attached hydrogen (secondary N) is 3. The van der Waals surface area contributed by atoms with Gasteiger partial charge in [0.25, 0.3) is 0 Å². The summed E-state index contributed by atoms with van der Waals surface area (Å²) in [6.45, 7) is 5.58. The fourth-order valence-electron chi connectivity index (χ4n) is 2.55. The van der Waals surface area contributed by atoms with E-state index in [0.29, 0.717) is 6.54 Å². The average molecular weight is 372 g/mol. The van der Waals surface area contributed by atoms with Gasteiger partial charge in [0.05, 0.1) is 4.90 Å². The molecule has 0 bridgehead atoms. The Kier molecular flexibility index (Phi) is 7.76. The topological polar surface area (TPSA) is 90.5 Å². The molecule has 1 saturated heterocycles. The number of hydrogen-bond acceptors (Lipinski definition) is 5. The summed E-state index contributed by atoms with van der Waals surface area (Å²) < 4.78 is 39.1. The lowest BCUT2D eigenvalue weighted by Crippen LogP contribution is -2.44. The molecular weight excluding hydrogens is 347 g/mol. The highest BCUT2D eigenvalue weighted by molar-refractivity contribution is 7.89. The van der Waals surface area contributed by atoms with Crippen molar-refractivity contribution in [2.75, 3.05) is 45.8 Å². The molecule has 1 aromatic rings. The van der Waals surface area contributed by atoms with Gasteiger partial charge in [-0.05, 0) is 37.2 Å². The molecule has 25 heavy (non-hydrogen) atoms. The highest BCUT2D eigenvalue weighted by Crippen LogP contribution is 2.09. The maximum Gasteiger partial charge on any atom is 0.240 e. The zero-order chi connectivity index (χ0) is 18.1. The van der Waals surface area contributed by atoms with Gasteiger partial charge in [-0.25, -0.2) is 17.5 Å². The van der Waals surface area contributed by atoms with Crippen molar-refractivity contribution in [2.24, 2.45) is 0 Å². The van der Waals surface area contributed by atoms with Crippen LogP contribution in [0, 0.1) is 5.82 Å². The monoisotopic (exact) mass is 372 g/mol. The molecule has 9 heteroatoms. The summed E-state index contributed by atoms with van der Waals surface area (Å²) in [5, 5.41) is 6.08. The van der Waals surface area contributed by atoms with Gasteiger partial charge in [-0.2, -0.15) is 0 Å². The minimum Gasteiger partial charge on any atom is -0.356 e. The van der Waals surface area contributed by atoms with Crippen LogP contribution in [0.3, 0.4) is 0 Å². The number of hydrogen-bond donors (Lipinski definition) is 3. The van der Waals surface area contributed by atoms with E-state index in [-0.39, 0.29) is 23.8 Å². The number of rotatable bonds is 9. The first-order valence-electron chi connectivity index (χ1n) is 8.42. The summed E-state index contributed by atoms with van der Waals surface area (Å²) in [5.41, 5.74) is 0. The first kappa shape index (κ1) is 19.8. The third-order valence-electron chi connectivity index (χ3n) is 3.95. The number of carbonyl (C=O) groups excluding carboxylic acids is 1. The van der Waals surface area contributed by atoms with Crippen molar-refractivity contribution in [2.45, 2.75) is 17.7 Å². The van der Waals surface area contributed by atoms with Gasteiger partial charge in [0.15, 0.2) is 0 Å². The van der Waals surface area contributed by atoms with Crippen LogP contribution < -0.4 is 15.4 Å². The van der Waals surface area contributed by atoms with Crippen LogP contribution in [0.2, 0.25) is 0 Å². The van der Waals surface area contributed by atoms with Crippen LogP contribution >= 0.6 is 0 Å². The predicted octanol–water partition coefficient (Wildman–Crippen LogP) is -0.0944. The summed E-state index contributed by atoms with van der Waals surface area (Å²) >= 11 is 0. The van der Waals surface area contributed by atoms with E-state index in [1.165, 1.54) is 12.1 Å². The van der Waals surface area contributed by atoms with Crippen molar-refractivity contribution in [3.05, 3.63) is 30.1 Å². The van der Waals surface area contributed by atoms with Gasteiger partial charge >= 0.3 is 0 Å². The highest BCUT2D eigenvalue weighted by Gasteiger charge is 2.14. The Morgan fingerprint density at radius 3 is 2.52 bits per heavy atom. The first-order valence-corrected chi connectivity index (χ1v) is 9.91. The average Bonchev–Trinajstić information content (AvgIpc) is 2.60. The van der Waals surface area contributed by atoms with Crippen LogP contribution in [0.25, 0.3) is 0 Å². The molecule has 1 aromatic carbocycles. The molecule has 1 amide bonds. The van der Waals surface area contributed by atoms with E-state index in [2.05, 4.69) is 20.3 Å². The van der Waals surface area contributed by atoms with Crippen molar-refractivity contribution in [3.8, 4) is 0 Å². The zero-order valence-corrected chi connectivity index (χ0v) is 14.9. The standard InChI is InChI=1S/C16H25FN4O3S/c17-14-2-4-15(5-3-14)25(23,24)20-8-6-16(22)19-7-1-11-21-12-9-18-10-13-21/h2-5,18,20H,1,6-13H2,(H,19,22). The Hall–Kier alpha value is -1.55. The van der Waals surface area contributed by atoms with Crippen LogP contribution in [0.4, 0.5) is 4.39 Å². The number of piperazine rings is 1. The minimum atomic E-state index is -3.72. The second kappa shape index (κ2) is 9.81. The lowest BCUT2D eigenvalue weighted by atomic mass is 10.3. The molecule has 1 heterocycles. The summed E-state index contributed by atoms with van der Waals surface area (Å²) in [7, 11) is -3.72. The summed E-state index contributed by atoms with van der Waals surface area (Å²) in [4.78, 5) is 14.1. The number of benzene rings is 1. The van der Waals surface area contributed by atoms with Gasteiger partial charge in [0, 0.05) is 45.7 Å². The Morgan fingerprint density at radius 2 is 1.84 bits per heavy atom. The van der Waals surface area contributed by atoms with Gasteiger partial charge in [0.2, 0.25) is 15.9 Å². The fraction of sp³-hybridized carbons (Fsp3) is 0.562. The van der Waals surface area contributed by atoms with Crippen molar-refractivity contribution < 1.29 is 17.6 Å². The Balaban J connectivity index is 1.60. The molecule has 0 aliphatic carbocycles. The lowest BCUT2D eigenvalue weighted by molar-refractivity contribution is -0.120. The van der Waals surface area contributed by atoms with E-state index in [9.17, 15) is 17.6 Å². The molecule has 3 N–H and O–H groups in total. The van der Waals surface area contributed by atoms with Crippen LogP contribution in [0.15, 0.2) is 29.2 Å². The molecule has 140 valence electrons.